The van der Waals surface area contributed by atoms with E-state index in [1.54, 1.807) is 20.8 Å². The van der Waals surface area contributed by atoms with Gasteiger partial charge in [0.05, 0.1) is 52.9 Å². The molecule has 8 aliphatic heterocycles. The summed E-state index contributed by atoms with van der Waals surface area (Å²) in [6, 6.07) is 1.15. The van der Waals surface area contributed by atoms with E-state index in [1.807, 2.05) is 6.92 Å². The van der Waals surface area contributed by atoms with Gasteiger partial charge in [0.15, 0.2) is 44.0 Å². The van der Waals surface area contributed by atoms with Crippen molar-refractivity contribution in [2.75, 3.05) is 46.8 Å². The van der Waals surface area contributed by atoms with Crippen molar-refractivity contribution in [3.63, 3.8) is 0 Å². The molecule has 114 heavy (non-hydrogen) atoms. The molecule has 8 unspecified atom stereocenters. The van der Waals surface area contributed by atoms with E-state index in [2.05, 4.69) is 45.0 Å². The Balaban J connectivity index is 0.000000174. The van der Waals surface area contributed by atoms with Gasteiger partial charge in [0.25, 0.3) is 22.2 Å². The third-order valence-corrected chi connectivity index (χ3v) is 26.4. The van der Waals surface area contributed by atoms with Crippen LogP contribution >= 0.6 is 79.9 Å². The number of aliphatic hydroxyl groups is 4. The van der Waals surface area contributed by atoms with E-state index in [9.17, 15) is 77.0 Å². The number of H-pyrrole nitrogens is 4. The van der Waals surface area contributed by atoms with Crippen molar-refractivity contribution >= 4 is 104 Å². The van der Waals surface area contributed by atoms with E-state index >= 15 is 0 Å². The van der Waals surface area contributed by atoms with E-state index in [0.717, 1.165) is 12.8 Å². The van der Waals surface area contributed by atoms with E-state index in [0.29, 0.717) is 0 Å². The predicted molar refractivity (Wildman–Crippen MR) is 402 cm³/mol. The number of carbonyl (C=O) groups is 4. The minimum absolute atomic E-state index is 0.0490. The highest BCUT2D eigenvalue weighted by molar-refractivity contribution is 7.71. The Hall–Kier alpha value is -5.60. The largest absolute Gasteiger partial charge is 0.468 e. The first-order valence-electron chi connectivity index (χ1n) is 35.4. The summed E-state index contributed by atoms with van der Waals surface area (Å²) in [5.41, 5.74) is -8.20. The Morgan fingerprint density at radius 1 is 0.465 bits per heavy atom. The lowest BCUT2D eigenvalue weighted by Crippen LogP contribution is -2.49. The van der Waals surface area contributed by atoms with Gasteiger partial charge in [-0.2, -0.15) is 0 Å². The molecule has 8 saturated heterocycles. The molecule has 24 atom stereocenters. The van der Waals surface area contributed by atoms with E-state index < -0.39 is 192 Å². The lowest BCUT2D eigenvalue weighted by atomic mass is 9.96. The zero-order valence-corrected chi connectivity index (χ0v) is 70.4. The van der Waals surface area contributed by atoms with Gasteiger partial charge in [-0.1, -0.05) is 13.3 Å². The van der Waals surface area contributed by atoms with Crippen LogP contribution in [0.25, 0.3) is 0 Å². The molecule has 4 aromatic heterocycles. The number of hydrogen-bond acceptors (Lipinski definition) is 36. The molecule has 52 heteroatoms. The highest BCUT2D eigenvalue weighted by Gasteiger charge is 2.64. The summed E-state index contributed by atoms with van der Waals surface area (Å²) < 4.78 is 144. The van der Waals surface area contributed by atoms with Crippen LogP contribution in [-0.4, -0.2) is 231 Å². The molecule has 12 rings (SSSR count). The van der Waals surface area contributed by atoms with Crippen LogP contribution in [0, 0.1) is 19.1 Å². The van der Waals surface area contributed by atoms with Crippen LogP contribution in [0.3, 0.4) is 0 Å². The normalized spacial score (nSPS) is 35.6. The molecular weight excluding hydrogens is 1680 g/mol. The number of ether oxygens (including phenoxy) is 8. The Kier molecular flexibility index (Phi) is 29.9. The zero-order chi connectivity index (χ0) is 84.3. The van der Waals surface area contributed by atoms with E-state index in [-0.39, 0.29) is 70.4 Å². The van der Waals surface area contributed by atoms with Gasteiger partial charge in [0.2, 0.25) is 0 Å². The Morgan fingerprint density at radius 3 is 0.956 bits per heavy atom. The predicted octanol–water partition coefficient (Wildman–Crippen LogP) is 3.25. The number of nitrogens with zero attached hydrogens (tertiary/aromatic N) is 4. The second kappa shape index (κ2) is 36.9. The molecule has 0 amide bonds. The highest BCUT2D eigenvalue weighted by Crippen LogP contribution is 2.60. The molecule has 0 aliphatic carbocycles. The molecule has 8 aliphatic rings. The van der Waals surface area contributed by atoms with Gasteiger partial charge in [-0.05, 0) is 131 Å². The molecule has 0 bridgehead atoms. The average Bonchev–Trinajstić information content (AvgIpc) is 1.61. The SMILES string of the molecule is CC(C)OC(=O)[C@H](C)NP1(=O)OC[C@H]2O[C@@H](n3ccc(=O)[nH]c3=S)C(C)(O)[C@H]2O1.CCCCOC(=O)[C@H](C)NP1(=O)OC[C@H]2O[C@@H](n3ccc(=O)[nH]c3=S)C(C)(O)[C@H]2O1.CCOC(=O)[C@H](C)NP1(=O)OC[C@H]2O[C@@H](n3ccc(=O)[nH]c3=S)C(C)(O)[C@H]2O1.COC(=O)[C@H](C)NP1(=O)OC[C@H]2O[C@@H](n3ccc(=O)[nH]c3=S)C(C)(O)[C@H]2O1. The van der Waals surface area contributed by atoms with Crippen molar-refractivity contribution in [2.45, 2.75) is 222 Å². The average molecular weight is 1770 g/mol. The summed E-state index contributed by atoms with van der Waals surface area (Å²) in [4.78, 5) is 103. The number of nitrogens with one attached hydrogen (secondary N) is 8. The molecule has 0 saturated carbocycles. The summed E-state index contributed by atoms with van der Waals surface area (Å²) in [6.45, 7) is 18.5. The second-order valence-corrected chi connectivity index (χ2v) is 36.5. The topological polar surface area (TPSA) is 564 Å². The summed E-state index contributed by atoms with van der Waals surface area (Å²) in [5.74, 6) is -2.46. The highest BCUT2D eigenvalue weighted by atomic mass is 32.1. The first kappa shape index (κ1) is 92.3. The molecule has 0 aromatic carbocycles. The molecule has 12 N–H and O–H groups in total. The quantitative estimate of drug-likeness (QED) is 0.0187. The van der Waals surface area contributed by atoms with Crippen LogP contribution in [0.5, 0.6) is 0 Å². The molecular formula is C62H92N12O32P4S4. The van der Waals surface area contributed by atoms with Gasteiger partial charge in [0.1, 0.15) is 95.4 Å². The van der Waals surface area contributed by atoms with Gasteiger partial charge in [-0.3, -0.25) is 113 Å². The number of unbranched alkanes of at least 4 members (excludes halogenated alkanes) is 1. The Bertz CT molecular complexity index is 4900. The van der Waals surface area contributed by atoms with Crippen molar-refractivity contribution in [3.05, 3.63) is 110 Å². The van der Waals surface area contributed by atoms with E-state index in [1.165, 1.54) is 130 Å². The molecule has 8 fully saturated rings. The molecule has 12 heterocycles. The maximum absolute atomic E-state index is 13.1. The lowest BCUT2D eigenvalue weighted by Gasteiger charge is -2.36. The standard InChI is InChI=1S/C17H26N3O8PS.C16H24N3O8PS.C15H22N3O8PS.C14H20N3O8PS/c1-4-5-8-25-14(22)10(2)19-29(24)26-9-11-13(28-29)17(3,23)15(27-11)20-7-6-12(21)18-16(20)30;1-8(2)25-13(21)9(3)18-28(23)24-7-10-12(27-28)16(4,22)14(26-10)19-6-5-11(20)17-15(19)29;1-4-23-12(20)8(2)17-27(22)24-7-9-11(26-27)15(3,21)13(25-9)18-6-5-10(19)16-14(18)28;1-7(11(19)22-3)16-26(21)23-6-8-10(25-26)14(2,20)12(24-8)17-5-4-9(18)15-13(17)27/h6-7,10-11,13,15,23H,4-5,8-9H2,1-3H3,(H,19,24)(H,18,21,30);5-6,8-10,12,14,22H,7H2,1-4H3,(H,18,23)(H,17,20,29);5-6,8-9,11,13,21H,4,7H2,1-3H3,(H,17,22)(H,16,19,28);4-5,7-8,10,12,20H,6H2,1-3H3,(H,16,21)(H,15,18,27)/t10-,11+,13-,15+,17?,29?;9-,10+,12-,14+,16?,28?;8-,9+,11-,13+,15?,27?;7-,8+,10-,12+,14?,26?/m0000/s1. The van der Waals surface area contributed by atoms with Crippen molar-refractivity contribution in [3.8, 4) is 0 Å². The smallest absolute Gasteiger partial charge is 0.406 e. The number of hydrogen-bond donors (Lipinski definition) is 12. The van der Waals surface area contributed by atoms with Crippen LogP contribution in [0.4, 0.5) is 0 Å². The molecule has 44 nitrogen and oxygen atoms in total. The Labute approximate surface area is 669 Å². The Morgan fingerprint density at radius 2 is 0.719 bits per heavy atom. The van der Waals surface area contributed by atoms with Gasteiger partial charge < -0.3 is 58.3 Å². The number of aromatic amines is 4. The van der Waals surface area contributed by atoms with Crippen LogP contribution in [0.1, 0.15) is 121 Å². The van der Waals surface area contributed by atoms with Gasteiger partial charge in [-0.25, -0.2) is 38.6 Å². The molecule has 0 radical (unpaired) electrons. The number of aromatic nitrogens is 8. The van der Waals surface area contributed by atoms with Gasteiger partial charge >= 0.3 is 54.9 Å². The fraction of sp³-hybridized carbons (Fsp3) is 0.677. The third kappa shape index (κ3) is 21.2. The zero-order valence-electron chi connectivity index (χ0n) is 63.5. The van der Waals surface area contributed by atoms with E-state index in [4.69, 9.17) is 118 Å². The molecule has 4 aromatic rings. The van der Waals surface area contributed by atoms with Crippen LogP contribution in [0.15, 0.2) is 68.2 Å². The number of esters is 4. The number of carbonyl (C=O) groups excluding carboxylic acids is 4. The van der Waals surface area contributed by atoms with Crippen LogP contribution < -0.4 is 42.6 Å². The van der Waals surface area contributed by atoms with Crippen LogP contribution in [0.2, 0.25) is 0 Å². The first-order valence-corrected chi connectivity index (χ1v) is 43.2. The third-order valence-electron chi connectivity index (χ3n) is 18.3. The second-order valence-electron chi connectivity index (χ2n) is 28.0. The summed E-state index contributed by atoms with van der Waals surface area (Å²) >= 11 is 20.5. The van der Waals surface area contributed by atoms with Crippen molar-refractivity contribution in [1.82, 2.24) is 58.6 Å². The van der Waals surface area contributed by atoms with Crippen LogP contribution in [-0.2, 0) is 112 Å². The maximum atomic E-state index is 13.1. The van der Waals surface area contributed by atoms with Gasteiger partial charge in [-0.15, -0.1) is 0 Å². The summed E-state index contributed by atoms with van der Waals surface area (Å²) in [6.07, 6.45) is -4.34. The lowest BCUT2D eigenvalue weighted by molar-refractivity contribution is -0.149. The van der Waals surface area contributed by atoms with Crippen molar-refractivity contribution in [2.24, 2.45) is 0 Å². The van der Waals surface area contributed by atoms with Crippen molar-refractivity contribution < 1.29 is 132 Å². The monoisotopic (exact) mass is 1770 g/mol. The molecule has 636 valence electrons. The fourth-order valence-corrected chi connectivity index (χ4v) is 20.8. The minimum Gasteiger partial charge on any atom is -0.468 e. The van der Waals surface area contributed by atoms with Gasteiger partial charge in [0, 0.05) is 49.1 Å². The van der Waals surface area contributed by atoms with Crippen molar-refractivity contribution in [1.29, 1.82) is 0 Å². The fourth-order valence-electron chi connectivity index (χ4n) is 12.7. The minimum atomic E-state index is -3.94. The number of methoxy groups -OCH3 is 1. The number of rotatable bonds is 21. The first-order chi connectivity index (χ1) is 53.1. The maximum Gasteiger partial charge on any atom is 0.406 e. The molecule has 0 spiro atoms. The number of fused-ring (bicyclic) bond motifs is 4. The summed E-state index contributed by atoms with van der Waals surface area (Å²) in [7, 11) is -14.5. The summed E-state index contributed by atoms with van der Waals surface area (Å²) in [5, 5.41) is 54.3.